The second-order valence-electron chi connectivity index (χ2n) is 6.58. The average Bonchev–Trinajstić information content (AvgIpc) is 3.30. The molecule has 0 bridgehead atoms. The second kappa shape index (κ2) is 7.18. The maximum Gasteiger partial charge on any atom is 0.271 e. The summed E-state index contributed by atoms with van der Waals surface area (Å²) in [4.78, 5) is 3.76. The fourth-order valence-electron chi connectivity index (χ4n) is 3.03. The van der Waals surface area contributed by atoms with Gasteiger partial charge in [-0.25, -0.2) is 26.2 Å². The molecule has 0 spiro atoms. The fourth-order valence-corrected chi connectivity index (χ4v) is 6.78. The molecule has 2 aromatic carbocycles. The van der Waals surface area contributed by atoms with Gasteiger partial charge in [-0.1, -0.05) is 0 Å². The van der Waals surface area contributed by atoms with E-state index in [0.717, 1.165) is 17.6 Å². The molecule has 0 aliphatic heterocycles. The van der Waals surface area contributed by atoms with Crippen molar-refractivity contribution >= 4 is 47.0 Å². The van der Waals surface area contributed by atoms with Crippen LogP contribution in [-0.2, 0) is 19.9 Å². The van der Waals surface area contributed by atoms with Crippen LogP contribution in [0.2, 0.25) is 0 Å². The molecule has 0 unspecified atom stereocenters. The summed E-state index contributed by atoms with van der Waals surface area (Å²) in [5.41, 5.74) is 0.673. The molecule has 0 radical (unpaired) electrons. The van der Waals surface area contributed by atoms with Crippen LogP contribution in [0.1, 0.15) is 5.56 Å². The molecule has 0 saturated carbocycles. The minimum atomic E-state index is -4.13. The summed E-state index contributed by atoms with van der Waals surface area (Å²) in [6.07, 6.45) is 3.74. The summed E-state index contributed by atoms with van der Waals surface area (Å²) in [6.45, 7) is 1.58. The van der Waals surface area contributed by atoms with Gasteiger partial charge in [0, 0.05) is 16.5 Å². The molecule has 0 saturated heterocycles. The topological polar surface area (TPSA) is 106 Å². The first-order chi connectivity index (χ1) is 14.1. The monoisotopic (exact) mass is 466 g/mol. The lowest BCUT2D eigenvalue weighted by Crippen LogP contribution is -2.15. The second-order valence-corrected chi connectivity index (χ2v) is 11.5. The molecule has 0 atom stereocenters. The van der Waals surface area contributed by atoms with Gasteiger partial charge in [0.25, 0.3) is 10.0 Å². The van der Waals surface area contributed by atoms with Gasteiger partial charge in [0.2, 0.25) is 5.89 Å². The normalized spacial score (nSPS) is 12.4. The predicted octanol–water partition coefficient (Wildman–Crippen LogP) is 4.21. The van der Waals surface area contributed by atoms with Crippen molar-refractivity contribution in [1.82, 2.24) is 4.98 Å². The van der Waals surface area contributed by atoms with Crippen molar-refractivity contribution in [3.05, 3.63) is 60.2 Å². The van der Waals surface area contributed by atoms with E-state index in [9.17, 15) is 21.2 Å². The molecular weight excluding hydrogens is 451 g/mol. The van der Waals surface area contributed by atoms with Crippen LogP contribution >= 0.6 is 11.3 Å². The van der Waals surface area contributed by atoms with Crippen molar-refractivity contribution in [3.8, 4) is 11.5 Å². The summed E-state index contributed by atoms with van der Waals surface area (Å²) < 4.78 is 72.4. The van der Waals surface area contributed by atoms with Crippen LogP contribution in [0, 0.1) is 12.7 Å². The van der Waals surface area contributed by atoms with E-state index in [1.54, 1.807) is 6.92 Å². The maximum atomic E-state index is 13.6. The highest BCUT2D eigenvalue weighted by atomic mass is 32.2. The Bertz CT molecular complexity index is 1470. The number of halogens is 1. The highest BCUT2D eigenvalue weighted by Gasteiger charge is 2.25. The third-order valence-corrected chi connectivity index (χ3v) is 8.80. The minimum Gasteiger partial charge on any atom is -0.445 e. The summed E-state index contributed by atoms with van der Waals surface area (Å²) in [5, 5.41) is 0.489. The first kappa shape index (κ1) is 20.5. The number of sulfonamides is 1. The van der Waals surface area contributed by atoms with Crippen molar-refractivity contribution in [2.24, 2.45) is 0 Å². The zero-order chi connectivity index (χ0) is 21.7. The number of sulfone groups is 1. The first-order valence-electron chi connectivity index (χ1n) is 8.52. The number of anilines is 1. The number of benzene rings is 2. The van der Waals surface area contributed by atoms with Gasteiger partial charge in [-0.2, -0.15) is 0 Å². The van der Waals surface area contributed by atoms with E-state index in [1.165, 1.54) is 48.9 Å². The highest BCUT2D eigenvalue weighted by Crippen LogP contribution is 2.36. The SMILES string of the molecule is Cc1c(S(=O)(=O)Nc2ccc(-c3ncco3)cc2S(C)(=O)=O)sc2ccc(F)cc12. The fraction of sp³-hybridized carbons (Fsp3) is 0.105. The Morgan fingerprint density at radius 2 is 1.87 bits per heavy atom. The molecule has 0 aliphatic carbocycles. The Hall–Kier alpha value is -2.76. The molecule has 11 heteroatoms. The van der Waals surface area contributed by atoms with Gasteiger partial charge in [0.05, 0.1) is 16.8 Å². The van der Waals surface area contributed by atoms with Crippen molar-refractivity contribution in [2.75, 3.05) is 11.0 Å². The molecular formula is C19H15FN2O5S3. The molecule has 7 nitrogen and oxygen atoms in total. The van der Waals surface area contributed by atoms with Crippen LogP contribution in [0.25, 0.3) is 21.5 Å². The number of hydrogen-bond donors (Lipinski definition) is 1. The Balaban J connectivity index is 1.81. The van der Waals surface area contributed by atoms with Crippen LogP contribution in [-0.4, -0.2) is 28.1 Å². The van der Waals surface area contributed by atoms with Crippen LogP contribution < -0.4 is 4.72 Å². The minimum absolute atomic E-state index is 0.0145. The molecule has 0 amide bonds. The molecule has 30 heavy (non-hydrogen) atoms. The summed E-state index contributed by atoms with van der Waals surface area (Å²) in [6, 6.07) is 8.18. The van der Waals surface area contributed by atoms with Crippen molar-refractivity contribution < 1.29 is 25.6 Å². The van der Waals surface area contributed by atoms with E-state index in [1.807, 2.05) is 0 Å². The smallest absolute Gasteiger partial charge is 0.271 e. The number of aromatic nitrogens is 1. The lowest BCUT2D eigenvalue weighted by Gasteiger charge is -2.12. The van der Waals surface area contributed by atoms with E-state index in [4.69, 9.17) is 4.42 Å². The van der Waals surface area contributed by atoms with Crippen LogP contribution in [0.4, 0.5) is 10.1 Å². The number of aryl methyl sites for hydroxylation is 1. The number of nitrogens with zero attached hydrogens (tertiary/aromatic N) is 1. The summed E-state index contributed by atoms with van der Waals surface area (Å²) in [5.74, 6) is -0.265. The van der Waals surface area contributed by atoms with E-state index >= 15 is 0 Å². The number of fused-ring (bicyclic) bond motifs is 1. The summed E-state index contributed by atoms with van der Waals surface area (Å²) >= 11 is 0.982. The molecule has 0 fully saturated rings. The first-order valence-corrected chi connectivity index (χ1v) is 12.7. The Kier molecular flexibility index (Phi) is 4.91. The number of thiophene rings is 1. The Morgan fingerprint density at radius 3 is 2.53 bits per heavy atom. The Labute approximate surface area is 176 Å². The number of rotatable bonds is 5. The van der Waals surface area contributed by atoms with Crippen molar-refractivity contribution in [3.63, 3.8) is 0 Å². The molecule has 156 valence electrons. The molecule has 4 rings (SSSR count). The van der Waals surface area contributed by atoms with Crippen LogP contribution in [0.3, 0.4) is 0 Å². The Morgan fingerprint density at radius 1 is 1.10 bits per heavy atom. The highest BCUT2D eigenvalue weighted by molar-refractivity contribution is 7.95. The number of nitrogens with one attached hydrogen (secondary N) is 1. The number of hydrogen-bond acceptors (Lipinski definition) is 7. The van der Waals surface area contributed by atoms with Crippen molar-refractivity contribution in [2.45, 2.75) is 16.0 Å². The van der Waals surface area contributed by atoms with Crippen molar-refractivity contribution in [1.29, 1.82) is 0 Å². The zero-order valence-electron chi connectivity index (χ0n) is 15.7. The van der Waals surface area contributed by atoms with Gasteiger partial charge in [-0.15, -0.1) is 11.3 Å². The van der Waals surface area contributed by atoms with E-state index < -0.39 is 25.7 Å². The zero-order valence-corrected chi connectivity index (χ0v) is 18.2. The van der Waals surface area contributed by atoms with E-state index in [0.29, 0.717) is 21.2 Å². The van der Waals surface area contributed by atoms with E-state index in [2.05, 4.69) is 9.71 Å². The van der Waals surface area contributed by atoms with Crippen LogP contribution in [0.5, 0.6) is 0 Å². The predicted molar refractivity (Wildman–Crippen MR) is 112 cm³/mol. The van der Waals surface area contributed by atoms with Crippen LogP contribution in [0.15, 0.2) is 62.4 Å². The average molecular weight is 467 g/mol. The van der Waals surface area contributed by atoms with E-state index in [-0.39, 0.29) is 20.7 Å². The largest absolute Gasteiger partial charge is 0.445 e. The lowest BCUT2D eigenvalue weighted by atomic mass is 10.2. The van der Waals surface area contributed by atoms with Gasteiger partial charge in [0.15, 0.2) is 9.84 Å². The number of oxazole rings is 1. The maximum absolute atomic E-state index is 13.6. The summed E-state index contributed by atoms with van der Waals surface area (Å²) in [7, 11) is -7.91. The van der Waals surface area contributed by atoms with Gasteiger partial charge in [0.1, 0.15) is 16.3 Å². The third-order valence-electron chi connectivity index (χ3n) is 4.40. The lowest BCUT2D eigenvalue weighted by molar-refractivity contribution is 0.574. The quantitative estimate of drug-likeness (QED) is 0.472. The third kappa shape index (κ3) is 3.71. The molecule has 2 heterocycles. The molecule has 4 aromatic rings. The molecule has 1 N–H and O–H groups in total. The van der Waals surface area contributed by atoms with Gasteiger partial charge in [-0.3, -0.25) is 4.72 Å². The standard InChI is InChI=1S/C19H15FN2O5S3/c1-11-14-10-13(20)4-6-16(14)28-19(11)30(25,26)22-15-5-3-12(18-21-7-8-27-18)9-17(15)29(2,23)24/h3-10,22H,1-2H3. The van der Waals surface area contributed by atoms with Gasteiger partial charge < -0.3 is 4.42 Å². The van der Waals surface area contributed by atoms with Gasteiger partial charge >= 0.3 is 0 Å². The van der Waals surface area contributed by atoms with Gasteiger partial charge in [-0.05, 0) is 54.3 Å². The molecule has 2 aromatic heterocycles. The molecule has 0 aliphatic rings.